The number of benzene rings is 1. The Hall–Kier alpha value is -1.07. The van der Waals surface area contributed by atoms with Crippen molar-refractivity contribution in [3.63, 3.8) is 0 Å². The molecule has 108 valence electrons. The van der Waals surface area contributed by atoms with E-state index in [0.717, 1.165) is 27.4 Å². The van der Waals surface area contributed by atoms with Crippen molar-refractivity contribution >= 4 is 48.9 Å². The van der Waals surface area contributed by atoms with E-state index in [1.807, 2.05) is 18.2 Å². The van der Waals surface area contributed by atoms with Crippen LogP contribution in [0, 0.1) is 0 Å². The largest absolute Gasteiger partial charge is 0.397 e. The highest BCUT2D eigenvalue weighted by Crippen LogP contribution is 2.35. The van der Waals surface area contributed by atoms with Gasteiger partial charge in [-0.05, 0) is 31.9 Å². The number of nitrogens with two attached hydrogens (primary N) is 1. The lowest BCUT2D eigenvalue weighted by atomic mass is 9.95. The van der Waals surface area contributed by atoms with Crippen LogP contribution in [0.25, 0.3) is 10.1 Å². The van der Waals surface area contributed by atoms with Crippen LogP contribution in [0.1, 0.15) is 43.3 Å². The average molecular weight is 355 g/mol. The highest BCUT2D eigenvalue weighted by Gasteiger charge is 2.25. The lowest BCUT2D eigenvalue weighted by molar-refractivity contribution is 0.0906. The van der Waals surface area contributed by atoms with E-state index in [1.54, 1.807) is 0 Å². The van der Waals surface area contributed by atoms with Gasteiger partial charge in [0.15, 0.2) is 0 Å². The Morgan fingerprint density at radius 3 is 2.65 bits per heavy atom. The molecule has 3 N–H and O–H groups in total. The molecule has 0 unspecified atom stereocenters. The number of nitrogen functional groups attached to an aromatic ring is 1. The third-order valence-electron chi connectivity index (χ3n) is 3.87. The molecule has 0 aliphatic carbocycles. The number of amides is 1. The van der Waals surface area contributed by atoms with Gasteiger partial charge >= 0.3 is 0 Å². The average Bonchev–Trinajstić information content (AvgIpc) is 2.75. The van der Waals surface area contributed by atoms with Crippen molar-refractivity contribution in [1.82, 2.24) is 5.32 Å². The molecule has 1 amide bonds. The monoisotopic (exact) mass is 354 g/mol. The van der Waals surface area contributed by atoms with Crippen LogP contribution < -0.4 is 11.1 Å². The van der Waals surface area contributed by atoms with E-state index in [9.17, 15) is 4.79 Å². The van der Waals surface area contributed by atoms with Crippen LogP contribution in [-0.4, -0.2) is 11.4 Å². The number of nitrogens with one attached hydrogen (secondary N) is 1. The first-order valence-corrected chi connectivity index (χ1v) is 8.31. The molecule has 0 fully saturated rings. The molecule has 0 aliphatic heterocycles. The van der Waals surface area contributed by atoms with Crippen LogP contribution in [0.5, 0.6) is 0 Å². The fourth-order valence-electron chi connectivity index (χ4n) is 2.02. The second-order valence-corrected chi connectivity index (χ2v) is 7.18. The lowest BCUT2D eigenvalue weighted by Crippen LogP contribution is -2.44. The minimum absolute atomic E-state index is 0.0778. The van der Waals surface area contributed by atoms with Gasteiger partial charge in [0.1, 0.15) is 4.88 Å². The molecule has 0 bridgehead atoms. The molecule has 2 rings (SSSR count). The number of anilines is 1. The Balaban J connectivity index is 2.38. The smallest absolute Gasteiger partial charge is 0.263 e. The predicted octanol–water partition coefficient (Wildman–Crippen LogP) is 4.55. The quantitative estimate of drug-likeness (QED) is 0.845. The summed E-state index contributed by atoms with van der Waals surface area (Å²) >= 11 is 4.88. The zero-order chi connectivity index (χ0) is 14.9. The van der Waals surface area contributed by atoms with Crippen LogP contribution >= 0.6 is 27.3 Å². The number of carbonyl (C=O) groups is 1. The summed E-state index contributed by atoms with van der Waals surface area (Å²) in [5.41, 5.74) is 6.52. The number of carbonyl (C=O) groups excluding carboxylic acids is 1. The molecular weight excluding hydrogens is 336 g/mol. The van der Waals surface area contributed by atoms with Crippen molar-refractivity contribution in [3.8, 4) is 0 Å². The number of fused-ring (bicyclic) bond motifs is 1. The van der Waals surface area contributed by atoms with E-state index < -0.39 is 0 Å². The Morgan fingerprint density at radius 2 is 2.05 bits per heavy atom. The molecular formula is C15H19BrN2OS. The van der Waals surface area contributed by atoms with Crippen LogP contribution in [0.3, 0.4) is 0 Å². The van der Waals surface area contributed by atoms with E-state index in [1.165, 1.54) is 11.3 Å². The zero-order valence-electron chi connectivity index (χ0n) is 11.9. The van der Waals surface area contributed by atoms with Gasteiger partial charge in [0.2, 0.25) is 0 Å². The van der Waals surface area contributed by atoms with Gasteiger partial charge in [0, 0.05) is 20.1 Å². The fraction of sp³-hybridized carbons (Fsp3) is 0.400. The van der Waals surface area contributed by atoms with E-state index in [4.69, 9.17) is 5.73 Å². The maximum Gasteiger partial charge on any atom is 0.263 e. The second-order valence-electron chi connectivity index (χ2n) is 5.21. The Bertz CT molecular complexity index is 647. The van der Waals surface area contributed by atoms with Gasteiger partial charge in [-0.1, -0.05) is 35.8 Å². The lowest BCUT2D eigenvalue weighted by Gasteiger charge is -2.28. The molecule has 0 radical (unpaired) electrons. The number of rotatable bonds is 4. The van der Waals surface area contributed by atoms with Crippen LogP contribution in [0.15, 0.2) is 22.7 Å². The number of halogens is 1. The van der Waals surface area contributed by atoms with Crippen LogP contribution in [0.2, 0.25) is 0 Å². The van der Waals surface area contributed by atoms with Gasteiger partial charge in [0.25, 0.3) is 5.91 Å². The first-order chi connectivity index (χ1) is 9.40. The third-order valence-corrected chi connectivity index (χ3v) is 5.53. The molecule has 1 aromatic carbocycles. The summed E-state index contributed by atoms with van der Waals surface area (Å²) in [6.45, 7) is 6.22. The topological polar surface area (TPSA) is 55.1 Å². The standard InChI is InChI=1S/C15H19BrN2OS/c1-4-15(3,5-2)18-14(19)13-12(17)10-7-6-9(16)8-11(10)20-13/h6-8H,4-5,17H2,1-3H3,(H,18,19). The minimum Gasteiger partial charge on any atom is -0.397 e. The molecule has 0 saturated carbocycles. The van der Waals surface area contributed by atoms with Gasteiger partial charge < -0.3 is 11.1 Å². The molecule has 20 heavy (non-hydrogen) atoms. The summed E-state index contributed by atoms with van der Waals surface area (Å²) in [7, 11) is 0. The van der Waals surface area contributed by atoms with Crippen LogP contribution in [0.4, 0.5) is 5.69 Å². The predicted molar refractivity (Wildman–Crippen MR) is 90.4 cm³/mol. The van der Waals surface area contributed by atoms with E-state index in [-0.39, 0.29) is 11.4 Å². The first-order valence-electron chi connectivity index (χ1n) is 6.70. The second kappa shape index (κ2) is 5.74. The molecule has 5 heteroatoms. The first kappa shape index (κ1) is 15.3. The number of thiophene rings is 1. The van der Waals surface area contributed by atoms with Crippen molar-refractivity contribution in [2.75, 3.05) is 5.73 Å². The molecule has 0 atom stereocenters. The van der Waals surface area contributed by atoms with Gasteiger partial charge in [0.05, 0.1) is 5.69 Å². The van der Waals surface area contributed by atoms with Gasteiger partial charge in [-0.2, -0.15) is 0 Å². The van der Waals surface area contributed by atoms with Gasteiger partial charge in [-0.15, -0.1) is 11.3 Å². The summed E-state index contributed by atoms with van der Waals surface area (Å²) < 4.78 is 2.02. The normalized spacial score (nSPS) is 11.8. The third kappa shape index (κ3) is 2.83. The Morgan fingerprint density at radius 1 is 1.40 bits per heavy atom. The summed E-state index contributed by atoms with van der Waals surface area (Å²) in [5.74, 6) is -0.0778. The molecule has 1 heterocycles. The number of hydrogen-bond acceptors (Lipinski definition) is 3. The van der Waals surface area contributed by atoms with Crippen LogP contribution in [-0.2, 0) is 0 Å². The highest BCUT2D eigenvalue weighted by atomic mass is 79.9. The van der Waals surface area contributed by atoms with Crippen molar-refractivity contribution in [1.29, 1.82) is 0 Å². The highest BCUT2D eigenvalue weighted by molar-refractivity contribution is 9.10. The summed E-state index contributed by atoms with van der Waals surface area (Å²) in [4.78, 5) is 13.1. The van der Waals surface area contributed by atoms with Crippen molar-refractivity contribution in [2.45, 2.75) is 39.2 Å². The molecule has 0 spiro atoms. The molecule has 0 saturated heterocycles. The van der Waals surface area contributed by atoms with Crippen molar-refractivity contribution < 1.29 is 4.79 Å². The van der Waals surface area contributed by atoms with E-state index in [0.29, 0.717) is 10.6 Å². The maximum absolute atomic E-state index is 12.5. The zero-order valence-corrected chi connectivity index (χ0v) is 14.3. The molecule has 1 aromatic heterocycles. The van der Waals surface area contributed by atoms with Gasteiger partial charge in [-0.25, -0.2) is 0 Å². The SMILES string of the molecule is CCC(C)(CC)NC(=O)c1sc2cc(Br)ccc2c1N. The molecule has 3 nitrogen and oxygen atoms in total. The molecule has 2 aromatic rings. The summed E-state index contributed by atoms with van der Waals surface area (Å²) in [6.07, 6.45) is 1.79. The van der Waals surface area contributed by atoms with Gasteiger partial charge in [-0.3, -0.25) is 4.79 Å². The summed E-state index contributed by atoms with van der Waals surface area (Å²) in [6, 6.07) is 5.88. The van der Waals surface area contributed by atoms with E-state index in [2.05, 4.69) is 42.0 Å². The maximum atomic E-state index is 12.5. The Kier molecular flexibility index (Phi) is 4.39. The summed E-state index contributed by atoms with van der Waals surface area (Å²) in [5, 5.41) is 4.05. The van der Waals surface area contributed by atoms with Crippen molar-refractivity contribution in [2.24, 2.45) is 0 Å². The molecule has 0 aliphatic rings. The Labute approximate surface area is 131 Å². The van der Waals surface area contributed by atoms with Crippen molar-refractivity contribution in [3.05, 3.63) is 27.5 Å². The number of hydrogen-bond donors (Lipinski definition) is 2. The fourth-order valence-corrected chi connectivity index (χ4v) is 3.59. The van der Waals surface area contributed by atoms with E-state index >= 15 is 0 Å². The minimum atomic E-state index is -0.180.